The number of nitrogen functional groups attached to an aromatic ring is 1. The maximum Gasteiger partial charge on any atom is 0.348 e. The van der Waals surface area contributed by atoms with Crippen LogP contribution in [-0.4, -0.2) is 12.6 Å². The Bertz CT molecular complexity index is 785. The smallest absolute Gasteiger partial charge is 0.348 e. The molecule has 0 radical (unpaired) electrons. The molecule has 0 saturated carbocycles. The average Bonchev–Trinajstić information content (AvgIpc) is 2.84. The predicted octanol–water partition coefficient (Wildman–Crippen LogP) is 3.95. The zero-order valence-corrected chi connectivity index (χ0v) is 13.7. The molecule has 120 valence electrons. The summed E-state index contributed by atoms with van der Waals surface area (Å²) in [7, 11) is 0. The van der Waals surface area contributed by atoms with Crippen LogP contribution in [0.5, 0.6) is 0 Å². The van der Waals surface area contributed by atoms with Gasteiger partial charge in [-0.1, -0.05) is 0 Å². The minimum atomic E-state index is -0.953. The molecular formula is C15H12F2N2O2S2. The molecule has 0 aliphatic heterocycles. The third-order valence-corrected chi connectivity index (χ3v) is 4.94. The molecule has 0 atom stereocenters. The molecule has 1 aromatic heterocycles. The second-order valence-corrected chi connectivity index (χ2v) is 6.45. The first-order valence-corrected chi connectivity index (χ1v) is 8.34. The molecule has 0 aliphatic rings. The Hall–Kier alpha value is -2.11. The SMILES string of the molecule is CCOC(=O)c1sc(N)c(C#N)c1CSc1ccc(F)c(F)c1. The number of hydrogen-bond acceptors (Lipinski definition) is 6. The van der Waals surface area contributed by atoms with E-state index in [1.807, 2.05) is 6.07 Å². The number of halogens is 2. The van der Waals surface area contributed by atoms with Gasteiger partial charge in [-0.05, 0) is 25.1 Å². The highest BCUT2D eigenvalue weighted by Crippen LogP contribution is 2.35. The predicted molar refractivity (Wildman–Crippen MR) is 85.3 cm³/mol. The second kappa shape index (κ2) is 7.44. The molecule has 0 amide bonds. The first-order valence-electron chi connectivity index (χ1n) is 6.54. The van der Waals surface area contributed by atoms with E-state index in [2.05, 4.69) is 0 Å². The van der Waals surface area contributed by atoms with Crippen molar-refractivity contribution in [3.8, 4) is 6.07 Å². The molecule has 23 heavy (non-hydrogen) atoms. The van der Waals surface area contributed by atoms with Gasteiger partial charge in [0.15, 0.2) is 11.6 Å². The molecule has 0 aliphatic carbocycles. The molecule has 0 fully saturated rings. The summed E-state index contributed by atoms with van der Waals surface area (Å²) in [5.74, 6) is -2.22. The zero-order chi connectivity index (χ0) is 17.0. The van der Waals surface area contributed by atoms with Crippen LogP contribution >= 0.6 is 23.1 Å². The molecule has 4 nitrogen and oxygen atoms in total. The lowest BCUT2D eigenvalue weighted by Gasteiger charge is -2.05. The van der Waals surface area contributed by atoms with Crippen LogP contribution in [0.15, 0.2) is 23.1 Å². The van der Waals surface area contributed by atoms with Gasteiger partial charge in [0.25, 0.3) is 0 Å². The number of nitriles is 1. The van der Waals surface area contributed by atoms with Crippen LogP contribution in [0, 0.1) is 23.0 Å². The van der Waals surface area contributed by atoms with Crippen molar-refractivity contribution in [1.29, 1.82) is 5.26 Å². The van der Waals surface area contributed by atoms with Gasteiger partial charge in [-0.3, -0.25) is 0 Å². The number of benzene rings is 1. The lowest BCUT2D eigenvalue weighted by molar-refractivity contribution is 0.0531. The number of rotatable bonds is 5. The summed E-state index contributed by atoms with van der Waals surface area (Å²) in [6.07, 6.45) is 0. The quantitative estimate of drug-likeness (QED) is 0.650. The van der Waals surface area contributed by atoms with Crippen molar-refractivity contribution in [3.05, 3.63) is 45.8 Å². The lowest BCUT2D eigenvalue weighted by Crippen LogP contribution is -2.05. The summed E-state index contributed by atoms with van der Waals surface area (Å²) < 4.78 is 31.1. The van der Waals surface area contributed by atoms with E-state index in [0.717, 1.165) is 23.5 Å². The van der Waals surface area contributed by atoms with Crippen molar-refractivity contribution in [2.45, 2.75) is 17.6 Å². The van der Waals surface area contributed by atoms with Crippen molar-refractivity contribution < 1.29 is 18.3 Å². The van der Waals surface area contributed by atoms with Crippen LogP contribution in [0.25, 0.3) is 0 Å². The molecule has 0 saturated heterocycles. The number of esters is 1. The number of ether oxygens (including phenoxy) is 1. The molecule has 2 N–H and O–H groups in total. The second-order valence-electron chi connectivity index (χ2n) is 4.35. The molecular weight excluding hydrogens is 342 g/mol. The number of anilines is 1. The van der Waals surface area contributed by atoms with Crippen LogP contribution in [0.3, 0.4) is 0 Å². The van der Waals surface area contributed by atoms with Gasteiger partial charge >= 0.3 is 5.97 Å². The minimum Gasteiger partial charge on any atom is -0.462 e. The number of thiophene rings is 1. The van der Waals surface area contributed by atoms with Crippen molar-refractivity contribution >= 4 is 34.1 Å². The van der Waals surface area contributed by atoms with E-state index in [-0.39, 0.29) is 27.8 Å². The van der Waals surface area contributed by atoms with Crippen molar-refractivity contribution in [1.82, 2.24) is 0 Å². The summed E-state index contributed by atoms with van der Waals surface area (Å²) in [6.45, 7) is 1.88. The van der Waals surface area contributed by atoms with Gasteiger partial charge in [0.1, 0.15) is 15.9 Å². The number of carbonyl (C=O) groups excluding carboxylic acids is 1. The van der Waals surface area contributed by atoms with E-state index < -0.39 is 17.6 Å². The molecule has 0 spiro atoms. The van der Waals surface area contributed by atoms with E-state index >= 15 is 0 Å². The fraction of sp³-hybridized carbons (Fsp3) is 0.200. The molecule has 8 heteroatoms. The Morgan fingerprint density at radius 3 is 2.78 bits per heavy atom. The third kappa shape index (κ3) is 3.81. The van der Waals surface area contributed by atoms with Crippen LogP contribution in [0.2, 0.25) is 0 Å². The Balaban J connectivity index is 2.29. The summed E-state index contributed by atoms with van der Waals surface area (Å²) in [5.41, 5.74) is 6.43. The summed E-state index contributed by atoms with van der Waals surface area (Å²) >= 11 is 2.16. The Morgan fingerprint density at radius 1 is 1.43 bits per heavy atom. The monoisotopic (exact) mass is 354 g/mol. The number of carbonyl (C=O) groups is 1. The first kappa shape index (κ1) is 17.2. The third-order valence-electron chi connectivity index (χ3n) is 2.88. The number of thioether (sulfide) groups is 1. The van der Waals surface area contributed by atoms with Gasteiger partial charge in [0.05, 0.1) is 12.2 Å². The standard InChI is InChI=1S/C15H12F2N2O2S2/c1-2-21-15(20)13-10(9(6-18)14(19)23-13)7-22-8-3-4-11(16)12(17)5-8/h3-5H,2,7,19H2,1H3. The normalized spacial score (nSPS) is 10.3. The number of nitrogens with two attached hydrogens (primary N) is 1. The maximum atomic E-state index is 13.2. The highest BCUT2D eigenvalue weighted by Gasteiger charge is 2.22. The van der Waals surface area contributed by atoms with Crippen LogP contribution in [-0.2, 0) is 10.5 Å². The van der Waals surface area contributed by atoms with Crippen molar-refractivity contribution in [3.63, 3.8) is 0 Å². The van der Waals surface area contributed by atoms with Gasteiger partial charge < -0.3 is 10.5 Å². The van der Waals surface area contributed by atoms with E-state index in [0.29, 0.717) is 10.5 Å². The first-order chi connectivity index (χ1) is 11.0. The highest BCUT2D eigenvalue weighted by atomic mass is 32.2. The topological polar surface area (TPSA) is 76.1 Å². The van der Waals surface area contributed by atoms with Gasteiger partial charge in [-0.2, -0.15) is 5.26 Å². The van der Waals surface area contributed by atoms with Gasteiger partial charge in [0.2, 0.25) is 0 Å². The largest absolute Gasteiger partial charge is 0.462 e. The minimum absolute atomic E-state index is 0.203. The van der Waals surface area contributed by atoms with Gasteiger partial charge in [-0.25, -0.2) is 13.6 Å². The number of hydrogen-bond donors (Lipinski definition) is 1. The van der Waals surface area contributed by atoms with Gasteiger partial charge in [-0.15, -0.1) is 23.1 Å². The Kier molecular flexibility index (Phi) is 5.58. The molecule has 1 aromatic carbocycles. The van der Waals surface area contributed by atoms with E-state index in [1.54, 1.807) is 6.92 Å². The summed E-state index contributed by atoms with van der Waals surface area (Å²) in [5, 5.41) is 9.44. The Morgan fingerprint density at radius 2 is 2.17 bits per heavy atom. The van der Waals surface area contributed by atoms with Crippen molar-refractivity contribution in [2.75, 3.05) is 12.3 Å². The molecule has 2 aromatic rings. The number of nitrogens with zero attached hydrogens (tertiary/aromatic N) is 1. The van der Waals surface area contributed by atoms with Crippen LogP contribution in [0.1, 0.15) is 27.7 Å². The fourth-order valence-electron chi connectivity index (χ4n) is 1.83. The summed E-state index contributed by atoms with van der Waals surface area (Å²) in [4.78, 5) is 12.7. The Labute approximate surface area is 139 Å². The lowest BCUT2D eigenvalue weighted by atomic mass is 10.2. The van der Waals surface area contributed by atoms with Gasteiger partial charge in [0, 0.05) is 16.2 Å². The summed E-state index contributed by atoms with van der Waals surface area (Å²) in [6, 6.07) is 5.48. The average molecular weight is 354 g/mol. The zero-order valence-electron chi connectivity index (χ0n) is 12.1. The van der Waals surface area contributed by atoms with E-state index in [1.165, 1.54) is 17.8 Å². The van der Waals surface area contributed by atoms with E-state index in [4.69, 9.17) is 10.5 Å². The van der Waals surface area contributed by atoms with E-state index in [9.17, 15) is 18.8 Å². The highest BCUT2D eigenvalue weighted by molar-refractivity contribution is 7.98. The van der Waals surface area contributed by atoms with Crippen LogP contribution in [0.4, 0.5) is 13.8 Å². The molecule has 0 unspecified atom stereocenters. The van der Waals surface area contributed by atoms with Crippen LogP contribution < -0.4 is 5.73 Å². The molecule has 0 bridgehead atoms. The van der Waals surface area contributed by atoms with Crippen molar-refractivity contribution in [2.24, 2.45) is 0 Å². The fourth-order valence-corrected chi connectivity index (χ4v) is 3.80. The maximum absolute atomic E-state index is 13.2. The molecule has 1 heterocycles. The molecule has 2 rings (SSSR count).